The molecule has 0 spiro atoms. The van der Waals surface area contributed by atoms with Crippen molar-refractivity contribution in [3.8, 4) is 0 Å². The van der Waals surface area contributed by atoms with Crippen molar-refractivity contribution in [3.63, 3.8) is 0 Å². The van der Waals surface area contributed by atoms with E-state index in [4.69, 9.17) is 10.6 Å². The summed E-state index contributed by atoms with van der Waals surface area (Å²) in [5.41, 5.74) is 7.88. The van der Waals surface area contributed by atoms with Crippen molar-refractivity contribution < 1.29 is 9.94 Å². The van der Waals surface area contributed by atoms with Crippen LogP contribution in [0, 0.1) is 0 Å². The fourth-order valence-corrected chi connectivity index (χ4v) is 2.23. The highest BCUT2D eigenvalue weighted by molar-refractivity contribution is 5.97. The Kier molecular flexibility index (Phi) is 5.24. The Morgan fingerprint density at radius 2 is 2.00 bits per heavy atom. The molecule has 0 aromatic heterocycles. The van der Waals surface area contributed by atoms with E-state index in [9.17, 15) is 5.11 Å². The van der Waals surface area contributed by atoms with Gasteiger partial charge in [-0.05, 0) is 43.5 Å². The molecule has 1 aromatic carbocycles. The number of aliphatic hydroxyl groups excluding tert-OH is 1. The van der Waals surface area contributed by atoms with Crippen LogP contribution in [-0.2, 0) is 4.84 Å². The molecule has 5 heteroatoms. The molecule has 110 valence electrons. The summed E-state index contributed by atoms with van der Waals surface area (Å²) in [5.74, 6) is 0.402. The Balaban J connectivity index is 1.97. The predicted molar refractivity (Wildman–Crippen MR) is 80.9 cm³/mol. The average Bonchev–Trinajstić information content (AvgIpc) is 2.48. The number of hydrogen-bond donors (Lipinski definition) is 2. The molecule has 20 heavy (non-hydrogen) atoms. The van der Waals surface area contributed by atoms with Crippen molar-refractivity contribution in [2.75, 3.05) is 24.6 Å². The van der Waals surface area contributed by atoms with Gasteiger partial charge in [0.2, 0.25) is 0 Å². The van der Waals surface area contributed by atoms with Crippen molar-refractivity contribution in [3.05, 3.63) is 29.8 Å². The van der Waals surface area contributed by atoms with Crippen LogP contribution in [0.1, 0.15) is 31.7 Å². The van der Waals surface area contributed by atoms with Gasteiger partial charge in [-0.2, -0.15) is 0 Å². The molecule has 1 fully saturated rings. The van der Waals surface area contributed by atoms with Crippen LogP contribution in [0.4, 0.5) is 5.69 Å². The molecule has 0 radical (unpaired) electrons. The summed E-state index contributed by atoms with van der Waals surface area (Å²) in [6.07, 6.45) is 2.42. The van der Waals surface area contributed by atoms with E-state index in [1.807, 2.05) is 31.2 Å². The highest BCUT2D eigenvalue weighted by atomic mass is 16.6. The molecule has 3 N–H and O–H groups in total. The number of rotatable bonds is 5. The Hall–Kier alpha value is -1.75. The molecule has 1 heterocycles. The van der Waals surface area contributed by atoms with Crippen LogP contribution in [0.5, 0.6) is 0 Å². The highest BCUT2D eigenvalue weighted by Gasteiger charge is 2.17. The molecule has 1 aromatic rings. The van der Waals surface area contributed by atoms with Gasteiger partial charge in [-0.25, -0.2) is 0 Å². The third kappa shape index (κ3) is 3.87. The second kappa shape index (κ2) is 7.14. The first-order valence-corrected chi connectivity index (χ1v) is 7.19. The fourth-order valence-electron chi connectivity index (χ4n) is 2.23. The van der Waals surface area contributed by atoms with E-state index in [1.165, 1.54) is 0 Å². The van der Waals surface area contributed by atoms with Gasteiger partial charge in [0, 0.05) is 24.3 Å². The van der Waals surface area contributed by atoms with E-state index in [0.29, 0.717) is 12.4 Å². The van der Waals surface area contributed by atoms with Crippen LogP contribution in [0.15, 0.2) is 29.4 Å². The van der Waals surface area contributed by atoms with E-state index in [-0.39, 0.29) is 6.10 Å². The monoisotopic (exact) mass is 277 g/mol. The molecule has 0 saturated carbocycles. The number of anilines is 1. The lowest BCUT2D eigenvalue weighted by Gasteiger charge is -2.31. The molecule has 0 amide bonds. The second-order valence-corrected chi connectivity index (χ2v) is 5.07. The second-order valence-electron chi connectivity index (χ2n) is 5.07. The number of nitrogens with zero attached hydrogens (tertiary/aromatic N) is 2. The minimum atomic E-state index is -0.149. The summed E-state index contributed by atoms with van der Waals surface area (Å²) in [6, 6.07) is 7.98. The highest BCUT2D eigenvalue weighted by Crippen LogP contribution is 2.20. The third-order valence-electron chi connectivity index (χ3n) is 3.45. The van der Waals surface area contributed by atoms with Crippen molar-refractivity contribution in [2.24, 2.45) is 10.9 Å². The van der Waals surface area contributed by atoms with Gasteiger partial charge in [-0.1, -0.05) is 12.1 Å². The zero-order valence-electron chi connectivity index (χ0n) is 12.0. The van der Waals surface area contributed by atoms with Gasteiger partial charge in [0.25, 0.3) is 0 Å². The van der Waals surface area contributed by atoms with E-state index in [2.05, 4.69) is 10.1 Å². The number of piperidine rings is 1. The first kappa shape index (κ1) is 14.7. The van der Waals surface area contributed by atoms with E-state index >= 15 is 0 Å². The molecule has 0 bridgehead atoms. The zero-order chi connectivity index (χ0) is 14.4. The SMILES string of the molecule is CCCON=C(N)c1ccc(N2CCC(O)CC2)cc1. The average molecular weight is 277 g/mol. The van der Waals surface area contributed by atoms with Crippen LogP contribution in [0.3, 0.4) is 0 Å². The zero-order valence-corrected chi connectivity index (χ0v) is 12.0. The maximum absolute atomic E-state index is 9.52. The summed E-state index contributed by atoms with van der Waals surface area (Å²) in [7, 11) is 0. The largest absolute Gasteiger partial charge is 0.394 e. The van der Waals surface area contributed by atoms with Gasteiger partial charge in [0.1, 0.15) is 6.61 Å². The first-order valence-electron chi connectivity index (χ1n) is 7.19. The summed E-state index contributed by atoms with van der Waals surface area (Å²) in [6.45, 7) is 4.39. The van der Waals surface area contributed by atoms with Crippen molar-refractivity contribution >= 4 is 11.5 Å². The summed E-state index contributed by atoms with van der Waals surface area (Å²) in [5, 5.41) is 13.4. The summed E-state index contributed by atoms with van der Waals surface area (Å²) in [4.78, 5) is 7.36. The lowest BCUT2D eigenvalue weighted by Crippen LogP contribution is -2.35. The Morgan fingerprint density at radius 3 is 2.60 bits per heavy atom. The number of nitrogens with two attached hydrogens (primary N) is 1. The lowest BCUT2D eigenvalue weighted by molar-refractivity contribution is 0.145. The van der Waals surface area contributed by atoms with Crippen molar-refractivity contribution in [1.29, 1.82) is 0 Å². The molecular formula is C15H23N3O2. The summed E-state index contributed by atoms with van der Waals surface area (Å²) < 4.78 is 0. The van der Waals surface area contributed by atoms with Crippen LogP contribution in [0.2, 0.25) is 0 Å². The standard InChI is InChI=1S/C15H23N3O2/c1-2-11-20-17-15(16)12-3-5-13(6-4-12)18-9-7-14(19)8-10-18/h3-6,14,19H,2,7-11H2,1H3,(H2,16,17). The smallest absolute Gasteiger partial charge is 0.170 e. The van der Waals surface area contributed by atoms with Gasteiger partial charge in [-0.3, -0.25) is 0 Å². The van der Waals surface area contributed by atoms with Crippen LogP contribution in [-0.4, -0.2) is 36.7 Å². The van der Waals surface area contributed by atoms with E-state index < -0.39 is 0 Å². The van der Waals surface area contributed by atoms with Crippen molar-refractivity contribution in [2.45, 2.75) is 32.3 Å². The van der Waals surface area contributed by atoms with Gasteiger partial charge in [0.15, 0.2) is 5.84 Å². The number of aliphatic hydroxyl groups is 1. The number of amidine groups is 1. The minimum Gasteiger partial charge on any atom is -0.394 e. The lowest BCUT2D eigenvalue weighted by atomic mass is 10.1. The quantitative estimate of drug-likeness (QED) is 0.372. The molecule has 0 atom stereocenters. The molecule has 1 aliphatic rings. The van der Waals surface area contributed by atoms with Crippen LogP contribution < -0.4 is 10.6 Å². The fraction of sp³-hybridized carbons (Fsp3) is 0.533. The number of hydrogen-bond acceptors (Lipinski definition) is 4. The maximum atomic E-state index is 9.52. The normalized spacial score (nSPS) is 17.3. The molecule has 0 aliphatic carbocycles. The number of oxime groups is 1. The summed E-state index contributed by atoms with van der Waals surface area (Å²) >= 11 is 0. The van der Waals surface area contributed by atoms with Gasteiger partial charge in [-0.15, -0.1) is 0 Å². The number of benzene rings is 1. The Morgan fingerprint density at radius 1 is 1.35 bits per heavy atom. The topological polar surface area (TPSA) is 71.1 Å². The molecule has 1 aliphatic heterocycles. The molecule has 1 saturated heterocycles. The van der Waals surface area contributed by atoms with Gasteiger partial charge >= 0.3 is 0 Å². The molecule has 0 unspecified atom stereocenters. The first-order chi connectivity index (χ1) is 9.70. The maximum Gasteiger partial charge on any atom is 0.170 e. The van der Waals surface area contributed by atoms with E-state index in [0.717, 1.165) is 43.6 Å². The molecule has 5 nitrogen and oxygen atoms in total. The molecule has 2 rings (SSSR count). The van der Waals surface area contributed by atoms with Gasteiger partial charge < -0.3 is 20.6 Å². The van der Waals surface area contributed by atoms with Crippen molar-refractivity contribution in [1.82, 2.24) is 0 Å². The Labute approximate surface area is 120 Å². The predicted octanol–water partition coefficient (Wildman–Crippen LogP) is 1.69. The third-order valence-corrected chi connectivity index (χ3v) is 3.45. The van der Waals surface area contributed by atoms with Crippen LogP contribution in [0.25, 0.3) is 0 Å². The minimum absolute atomic E-state index is 0.149. The van der Waals surface area contributed by atoms with Gasteiger partial charge in [0.05, 0.1) is 6.10 Å². The van der Waals surface area contributed by atoms with Crippen LogP contribution >= 0.6 is 0 Å². The van der Waals surface area contributed by atoms with E-state index in [1.54, 1.807) is 0 Å². The Bertz CT molecular complexity index is 437. The molecular weight excluding hydrogens is 254 g/mol.